The molecule has 0 aliphatic heterocycles. The van der Waals surface area contributed by atoms with Gasteiger partial charge in [0.1, 0.15) is 0 Å². The van der Waals surface area contributed by atoms with Crippen LogP contribution in [0, 0.1) is 5.92 Å². The Hall–Kier alpha value is -1.51. The average Bonchev–Trinajstić information content (AvgIpc) is 2.15. The fourth-order valence-corrected chi connectivity index (χ4v) is 1.35. The van der Waals surface area contributed by atoms with Crippen molar-refractivity contribution in [3.8, 4) is 0 Å². The van der Waals surface area contributed by atoms with Crippen molar-refractivity contribution in [3.05, 3.63) is 29.8 Å². The molecule has 0 bridgehead atoms. The Balaban J connectivity index is 2.72. The van der Waals surface area contributed by atoms with Gasteiger partial charge in [-0.3, -0.25) is 4.79 Å². The maximum Gasteiger partial charge on any atom is 0.221 e. The smallest absolute Gasteiger partial charge is 0.221 e. The van der Waals surface area contributed by atoms with Crippen molar-refractivity contribution in [2.45, 2.75) is 20.3 Å². The number of para-hydroxylation sites is 1. The van der Waals surface area contributed by atoms with Crippen LogP contribution in [0.25, 0.3) is 0 Å². The zero-order valence-corrected chi connectivity index (χ0v) is 9.29. The number of nitrogens with two attached hydrogens (primary N) is 1. The summed E-state index contributed by atoms with van der Waals surface area (Å²) >= 11 is 0. The Kier molecular flexibility index (Phi) is 4.16. The predicted molar refractivity (Wildman–Crippen MR) is 62.7 cm³/mol. The number of primary amides is 1. The molecule has 1 aromatic rings. The van der Waals surface area contributed by atoms with E-state index in [1.165, 1.54) is 0 Å². The fraction of sp³-hybridized carbons (Fsp3) is 0.417. The van der Waals surface area contributed by atoms with Crippen LogP contribution in [-0.2, 0) is 11.2 Å². The lowest BCUT2D eigenvalue weighted by Crippen LogP contribution is -2.16. The van der Waals surface area contributed by atoms with Gasteiger partial charge in [0.25, 0.3) is 0 Å². The molecule has 1 aromatic carbocycles. The first-order valence-electron chi connectivity index (χ1n) is 5.19. The van der Waals surface area contributed by atoms with Crippen molar-refractivity contribution in [1.29, 1.82) is 0 Å². The summed E-state index contributed by atoms with van der Waals surface area (Å²) in [6, 6.07) is 7.76. The summed E-state index contributed by atoms with van der Waals surface area (Å²) in [5.74, 6) is 0.278. The van der Waals surface area contributed by atoms with E-state index < -0.39 is 0 Å². The molecule has 82 valence electrons. The molecule has 1 rings (SSSR count). The minimum Gasteiger partial charge on any atom is -0.385 e. The highest BCUT2D eigenvalue weighted by molar-refractivity contribution is 5.78. The Morgan fingerprint density at radius 1 is 1.40 bits per heavy atom. The third kappa shape index (κ3) is 4.02. The fourth-order valence-electron chi connectivity index (χ4n) is 1.35. The monoisotopic (exact) mass is 206 g/mol. The van der Waals surface area contributed by atoms with Gasteiger partial charge in [-0.25, -0.2) is 0 Å². The van der Waals surface area contributed by atoms with E-state index in [-0.39, 0.29) is 5.91 Å². The average molecular weight is 206 g/mol. The number of hydrogen-bond donors (Lipinski definition) is 2. The maximum atomic E-state index is 10.9. The summed E-state index contributed by atoms with van der Waals surface area (Å²) in [5, 5.41) is 3.31. The van der Waals surface area contributed by atoms with Crippen molar-refractivity contribution in [1.82, 2.24) is 0 Å². The van der Waals surface area contributed by atoms with E-state index in [1.807, 2.05) is 24.3 Å². The molecule has 0 aliphatic rings. The van der Waals surface area contributed by atoms with E-state index in [0.29, 0.717) is 12.3 Å². The first kappa shape index (κ1) is 11.6. The zero-order chi connectivity index (χ0) is 11.3. The molecule has 0 aromatic heterocycles. The number of carbonyl (C=O) groups excluding carboxylic acids is 1. The molecule has 3 heteroatoms. The second kappa shape index (κ2) is 5.39. The van der Waals surface area contributed by atoms with Crippen molar-refractivity contribution in [2.75, 3.05) is 11.9 Å². The van der Waals surface area contributed by atoms with Crippen molar-refractivity contribution >= 4 is 11.6 Å². The number of anilines is 1. The van der Waals surface area contributed by atoms with Gasteiger partial charge < -0.3 is 11.1 Å². The van der Waals surface area contributed by atoms with Crippen LogP contribution in [0.15, 0.2) is 24.3 Å². The van der Waals surface area contributed by atoms with Crippen LogP contribution in [-0.4, -0.2) is 12.5 Å². The summed E-state index contributed by atoms with van der Waals surface area (Å²) in [6.07, 6.45) is 0.293. The van der Waals surface area contributed by atoms with Crippen LogP contribution in [0.1, 0.15) is 19.4 Å². The molecule has 0 aliphatic carbocycles. The summed E-state index contributed by atoms with van der Waals surface area (Å²) < 4.78 is 0. The molecule has 0 radical (unpaired) electrons. The number of nitrogens with one attached hydrogen (secondary N) is 1. The molecule has 0 spiro atoms. The summed E-state index contributed by atoms with van der Waals surface area (Å²) in [7, 11) is 0. The van der Waals surface area contributed by atoms with Gasteiger partial charge in [0.15, 0.2) is 0 Å². The van der Waals surface area contributed by atoms with Gasteiger partial charge in [-0.1, -0.05) is 32.0 Å². The second-order valence-corrected chi connectivity index (χ2v) is 4.07. The SMILES string of the molecule is CC(C)CNc1ccccc1CC(N)=O. The molecule has 0 unspecified atom stereocenters. The summed E-state index contributed by atoms with van der Waals surface area (Å²) in [6.45, 7) is 5.18. The first-order valence-corrected chi connectivity index (χ1v) is 5.19. The van der Waals surface area contributed by atoms with E-state index in [9.17, 15) is 4.79 Å². The highest BCUT2D eigenvalue weighted by atomic mass is 16.1. The molecule has 0 fully saturated rings. The Bertz CT molecular complexity index is 334. The number of benzene rings is 1. The molecular weight excluding hydrogens is 188 g/mol. The predicted octanol–water partition coefficient (Wildman–Crippen LogP) is 1.78. The molecule has 0 saturated carbocycles. The van der Waals surface area contributed by atoms with Gasteiger partial charge in [-0.15, -0.1) is 0 Å². The number of amides is 1. The van der Waals surface area contributed by atoms with Crippen LogP contribution in [0.2, 0.25) is 0 Å². The highest BCUT2D eigenvalue weighted by Gasteiger charge is 2.04. The van der Waals surface area contributed by atoms with E-state index in [1.54, 1.807) is 0 Å². The lowest BCUT2D eigenvalue weighted by Gasteiger charge is -2.12. The van der Waals surface area contributed by atoms with E-state index in [4.69, 9.17) is 5.73 Å². The van der Waals surface area contributed by atoms with E-state index in [2.05, 4.69) is 19.2 Å². The van der Waals surface area contributed by atoms with Crippen LogP contribution < -0.4 is 11.1 Å². The molecule has 3 N–H and O–H groups in total. The number of rotatable bonds is 5. The first-order chi connectivity index (χ1) is 7.09. The zero-order valence-electron chi connectivity index (χ0n) is 9.29. The maximum absolute atomic E-state index is 10.9. The lowest BCUT2D eigenvalue weighted by molar-refractivity contribution is -0.117. The normalized spacial score (nSPS) is 10.3. The van der Waals surface area contributed by atoms with Crippen LogP contribution >= 0.6 is 0 Å². The molecule has 3 nitrogen and oxygen atoms in total. The van der Waals surface area contributed by atoms with Crippen molar-refractivity contribution in [3.63, 3.8) is 0 Å². The minimum atomic E-state index is -0.297. The van der Waals surface area contributed by atoms with Crippen LogP contribution in [0.5, 0.6) is 0 Å². The van der Waals surface area contributed by atoms with Gasteiger partial charge >= 0.3 is 0 Å². The molecule has 1 amide bonds. The van der Waals surface area contributed by atoms with E-state index in [0.717, 1.165) is 17.8 Å². The summed E-state index contributed by atoms with van der Waals surface area (Å²) in [5.41, 5.74) is 7.15. The van der Waals surface area contributed by atoms with E-state index >= 15 is 0 Å². The van der Waals surface area contributed by atoms with Gasteiger partial charge in [0, 0.05) is 12.2 Å². The highest BCUT2D eigenvalue weighted by Crippen LogP contribution is 2.15. The van der Waals surface area contributed by atoms with Gasteiger partial charge in [0.05, 0.1) is 6.42 Å². The van der Waals surface area contributed by atoms with Crippen LogP contribution in [0.3, 0.4) is 0 Å². The quantitative estimate of drug-likeness (QED) is 0.771. The third-order valence-corrected chi connectivity index (χ3v) is 2.08. The topological polar surface area (TPSA) is 55.1 Å². The standard InChI is InChI=1S/C12H18N2O/c1-9(2)8-14-11-6-4-3-5-10(11)7-12(13)15/h3-6,9,14H,7-8H2,1-2H3,(H2,13,15). The molecule has 0 atom stereocenters. The van der Waals surface area contributed by atoms with Crippen LogP contribution in [0.4, 0.5) is 5.69 Å². The Morgan fingerprint density at radius 3 is 2.67 bits per heavy atom. The number of hydrogen-bond acceptors (Lipinski definition) is 2. The van der Waals surface area contributed by atoms with Gasteiger partial charge in [0.2, 0.25) is 5.91 Å². The number of carbonyl (C=O) groups is 1. The molecule has 0 heterocycles. The third-order valence-electron chi connectivity index (χ3n) is 2.08. The Labute approximate surface area is 90.7 Å². The second-order valence-electron chi connectivity index (χ2n) is 4.07. The van der Waals surface area contributed by atoms with Crippen molar-refractivity contribution in [2.24, 2.45) is 11.7 Å². The Morgan fingerprint density at radius 2 is 2.07 bits per heavy atom. The largest absolute Gasteiger partial charge is 0.385 e. The van der Waals surface area contributed by atoms with Gasteiger partial charge in [-0.2, -0.15) is 0 Å². The lowest BCUT2D eigenvalue weighted by atomic mass is 10.1. The minimum absolute atomic E-state index is 0.293. The molecule has 15 heavy (non-hydrogen) atoms. The molecule has 0 saturated heterocycles. The summed E-state index contributed by atoms with van der Waals surface area (Å²) in [4.78, 5) is 10.9. The van der Waals surface area contributed by atoms with Gasteiger partial charge in [-0.05, 0) is 17.5 Å². The molecular formula is C12H18N2O. The van der Waals surface area contributed by atoms with Crippen molar-refractivity contribution < 1.29 is 4.79 Å².